The molecule has 0 atom stereocenters. The molecular formula is C18H28N2O2. The molecule has 0 aliphatic heterocycles. The summed E-state index contributed by atoms with van der Waals surface area (Å²) >= 11 is 0. The van der Waals surface area contributed by atoms with Gasteiger partial charge in [-0.1, -0.05) is 37.5 Å². The molecule has 1 fully saturated rings. The highest BCUT2D eigenvalue weighted by atomic mass is 16.3. The number of nitrogens with one attached hydrogen (secondary N) is 2. The molecule has 0 saturated heterocycles. The third kappa shape index (κ3) is 4.82. The first kappa shape index (κ1) is 17.0. The largest absolute Gasteiger partial charge is 0.396 e. The van der Waals surface area contributed by atoms with Crippen molar-refractivity contribution in [2.45, 2.75) is 52.0 Å². The highest BCUT2D eigenvalue weighted by Gasteiger charge is 2.30. The molecule has 0 radical (unpaired) electrons. The molecule has 1 amide bonds. The lowest BCUT2D eigenvalue weighted by atomic mass is 9.72. The number of rotatable bonds is 7. The first-order valence-corrected chi connectivity index (χ1v) is 8.32. The molecule has 3 N–H and O–H groups in total. The van der Waals surface area contributed by atoms with E-state index < -0.39 is 0 Å². The topological polar surface area (TPSA) is 61.4 Å². The van der Waals surface area contributed by atoms with Crippen LogP contribution in [0.4, 0.5) is 5.69 Å². The van der Waals surface area contributed by atoms with Gasteiger partial charge >= 0.3 is 0 Å². The molecule has 1 saturated carbocycles. The smallest absolute Gasteiger partial charge is 0.221 e. The maximum atomic E-state index is 11.3. The molecule has 1 aromatic rings. The molecule has 0 unspecified atom stereocenters. The molecule has 122 valence electrons. The van der Waals surface area contributed by atoms with Crippen molar-refractivity contribution >= 4 is 11.6 Å². The van der Waals surface area contributed by atoms with E-state index in [-0.39, 0.29) is 17.9 Å². The summed E-state index contributed by atoms with van der Waals surface area (Å²) in [4.78, 5) is 11.3. The Morgan fingerprint density at radius 3 is 2.64 bits per heavy atom. The Morgan fingerprint density at radius 2 is 1.95 bits per heavy atom. The highest BCUT2D eigenvalue weighted by molar-refractivity contribution is 5.89. The first-order chi connectivity index (χ1) is 10.7. The molecule has 4 heteroatoms. The van der Waals surface area contributed by atoms with Crippen LogP contribution in [0.5, 0.6) is 0 Å². The van der Waals surface area contributed by atoms with Gasteiger partial charge in [-0.15, -0.1) is 0 Å². The maximum Gasteiger partial charge on any atom is 0.221 e. The number of para-hydroxylation sites is 1. The first-order valence-electron chi connectivity index (χ1n) is 8.32. The lowest BCUT2D eigenvalue weighted by Crippen LogP contribution is -2.36. The van der Waals surface area contributed by atoms with Crippen LogP contribution in [-0.4, -0.2) is 24.2 Å². The van der Waals surface area contributed by atoms with Crippen molar-refractivity contribution in [2.75, 3.05) is 18.5 Å². The van der Waals surface area contributed by atoms with Gasteiger partial charge < -0.3 is 15.7 Å². The number of anilines is 1. The third-order valence-corrected chi connectivity index (χ3v) is 4.70. The van der Waals surface area contributed by atoms with Crippen LogP contribution in [0.2, 0.25) is 0 Å². The summed E-state index contributed by atoms with van der Waals surface area (Å²) in [7, 11) is 0. The van der Waals surface area contributed by atoms with Crippen molar-refractivity contribution in [3.63, 3.8) is 0 Å². The van der Waals surface area contributed by atoms with Gasteiger partial charge in [0.1, 0.15) is 0 Å². The van der Waals surface area contributed by atoms with E-state index in [1.807, 2.05) is 24.3 Å². The number of aliphatic hydroxyl groups excluding tert-OH is 1. The van der Waals surface area contributed by atoms with Crippen molar-refractivity contribution in [2.24, 2.45) is 5.41 Å². The van der Waals surface area contributed by atoms with Crippen molar-refractivity contribution in [1.29, 1.82) is 0 Å². The van der Waals surface area contributed by atoms with E-state index in [1.165, 1.54) is 39.0 Å². The van der Waals surface area contributed by atoms with E-state index >= 15 is 0 Å². The Bertz CT molecular complexity index is 476. The van der Waals surface area contributed by atoms with E-state index in [0.29, 0.717) is 0 Å². The zero-order valence-corrected chi connectivity index (χ0v) is 13.5. The second kappa shape index (κ2) is 8.30. The second-order valence-electron chi connectivity index (χ2n) is 6.48. The van der Waals surface area contributed by atoms with Gasteiger partial charge in [-0.3, -0.25) is 4.79 Å². The van der Waals surface area contributed by atoms with E-state index in [1.54, 1.807) is 0 Å². The predicted octanol–water partition coefficient (Wildman–Crippen LogP) is 3.07. The lowest BCUT2D eigenvalue weighted by molar-refractivity contribution is -0.114. The Kier molecular flexibility index (Phi) is 6.40. The van der Waals surface area contributed by atoms with Crippen LogP contribution in [0.3, 0.4) is 0 Å². The van der Waals surface area contributed by atoms with Gasteiger partial charge in [-0.2, -0.15) is 0 Å². The van der Waals surface area contributed by atoms with Gasteiger partial charge in [0.15, 0.2) is 0 Å². The SMILES string of the molecule is CC(=O)Nc1ccccc1CNCC1(CCO)CCCCC1. The number of carbonyl (C=O) groups is 1. The van der Waals surface area contributed by atoms with Gasteiger partial charge in [0.25, 0.3) is 0 Å². The van der Waals surface area contributed by atoms with Gasteiger partial charge in [-0.25, -0.2) is 0 Å². The van der Waals surface area contributed by atoms with Gasteiger partial charge in [0.05, 0.1) is 0 Å². The van der Waals surface area contributed by atoms with Crippen LogP contribution in [0.1, 0.15) is 51.0 Å². The fourth-order valence-corrected chi connectivity index (χ4v) is 3.50. The predicted molar refractivity (Wildman–Crippen MR) is 89.7 cm³/mol. The number of amides is 1. The van der Waals surface area contributed by atoms with E-state index in [0.717, 1.165) is 30.8 Å². The van der Waals surface area contributed by atoms with Gasteiger partial charge in [0, 0.05) is 32.3 Å². The molecule has 1 aliphatic carbocycles. The summed E-state index contributed by atoms with van der Waals surface area (Å²) in [6, 6.07) is 7.90. The molecule has 1 aliphatic rings. The molecule has 2 rings (SSSR count). The van der Waals surface area contributed by atoms with Crippen LogP contribution < -0.4 is 10.6 Å². The minimum atomic E-state index is -0.0449. The van der Waals surface area contributed by atoms with Crippen molar-refractivity contribution < 1.29 is 9.90 Å². The summed E-state index contributed by atoms with van der Waals surface area (Å²) < 4.78 is 0. The second-order valence-corrected chi connectivity index (χ2v) is 6.48. The molecular weight excluding hydrogens is 276 g/mol. The zero-order valence-electron chi connectivity index (χ0n) is 13.5. The number of carbonyl (C=O) groups excluding carboxylic acids is 1. The lowest BCUT2D eigenvalue weighted by Gasteiger charge is -2.37. The Labute approximate surface area is 133 Å². The molecule has 22 heavy (non-hydrogen) atoms. The maximum absolute atomic E-state index is 11.3. The average Bonchev–Trinajstić information content (AvgIpc) is 2.50. The van der Waals surface area contributed by atoms with Crippen molar-refractivity contribution in [3.8, 4) is 0 Å². The summed E-state index contributed by atoms with van der Waals surface area (Å²) in [5.74, 6) is -0.0449. The number of benzene rings is 1. The number of hydrogen-bond donors (Lipinski definition) is 3. The molecule has 0 spiro atoms. The third-order valence-electron chi connectivity index (χ3n) is 4.70. The van der Waals surface area contributed by atoms with Crippen LogP contribution in [-0.2, 0) is 11.3 Å². The van der Waals surface area contributed by atoms with Gasteiger partial charge in [0.2, 0.25) is 5.91 Å². The van der Waals surface area contributed by atoms with Gasteiger partial charge in [-0.05, 0) is 36.3 Å². The van der Waals surface area contributed by atoms with E-state index in [4.69, 9.17) is 0 Å². The Morgan fingerprint density at radius 1 is 1.23 bits per heavy atom. The zero-order chi connectivity index (χ0) is 15.8. The van der Waals surface area contributed by atoms with E-state index in [9.17, 15) is 9.90 Å². The summed E-state index contributed by atoms with van der Waals surface area (Å²) in [6.45, 7) is 3.47. The molecule has 4 nitrogen and oxygen atoms in total. The minimum Gasteiger partial charge on any atom is -0.396 e. The van der Waals surface area contributed by atoms with Crippen molar-refractivity contribution in [3.05, 3.63) is 29.8 Å². The summed E-state index contributed by atoms with van der Waals surface area (Å²) in [5.41, 5.74) is 2.23. The fourth-order valence-electron chi connectivity index (χ4n) is 3.50. The molecule has 0 aromatic heterocycles. The van der Waals surface area contributed by atoms with Crippen LogP contribution in [0.25, 0.3) is 0 Å². The normalized spacial score (nSPS) is 17.2. The monoisotopic (exact) mass is 304 g/mol. The summed E-state index contributed by atoms with van der Waals surface area (Å²) in [6.07, 6.45) is 7.14. The standard InChI is InChI=1S/C18H28N2O2/c1-15(22)20-17-8-4-3-7-16(17)13-19-14-18(11-12-21)9-5-2-6-10-18/h3-4,7-8,19,21H,2,5-6,9-14H2,1H3,(H,20,22). The fraction of sp³-hybridized carbons (Fsp3) is 0.611. The number of hydrogen-bond acceptors (Lipinski definition) is 3. The average molecular weight is 304 g/mol. The van der Waals surface area contributed by atoms with Crippen molar-refractivity contribution in [1.82, 2.24) is 5.32 Å². The Balaban J connectivity index is 1.93. The van der Waals surface area contributed by atoms with E-state index in [2.05, 4.69) is 10.6 Å². The highest BCUT2D eigenvalue weighted by Crippen LogP contribution is 2.38. The molecule has 1 aromatic carbocycles. The summed E-state index contributed by atoms with van der Waals surface area (Å²) in [5, 5.41) is 15.8. The molecule has 0 bridgehead atoms. The Hall–Kier alpha value is -1.39. The number of aliphatic hydroxyl groups is 1. The van der Waals surface area contributed by atoms with Crippen LogP contribution >= 0.6 is 0 Å². The van der Waals surface area contributed by atoms with Crippen LogP contribution in [0, 0.1) is 5.41 Å². The van der Waals surface area contributed by atoms with Crippen LogP contribution in [0.15, 0.2) is 24.3 Å². The molecule has 0 heterocycles. The quantitative estimate of drug-likeness (QED) is 0.725. The minimum absolute atomic E-state index is 0.0449.